The van der Waals surface area contributed by atoms with Crippen molar-refractivity contribution in [2.45, 2.75) is 25.7 Å². The zero-order valence-electron chi connectivity index (χ0n) is 15.0. The Morgan fingerprint density at radius 2 is 1.68 bits per heavy atom. The van der Waals surface area contributed by atoms with Gasteiger partial charge in [0.15, 0.2) is 0 Å². The van der Waals surface area contributed by atoms with Crippen LogP contribution in [0, 0.1) is 5.92 Å². The fourth-order valence-corrected chi connectivity index (χ4v) is 3.79. The molecule has 3 aromatic rings. The molecule has 4 rings (SSSR count). The van der Waals surface area contributed by atoms with E-state index in [9.17, 15) is 0 Å². The molecule has 1 aromatic heterocycles. The van der Waals surface area contributed by atoms with Gasteiger partial charge in [-0.25, -0.2) is 4.98 Å². The first-order chi connectivity index (χ1) is 12.3. The lowest BCUT2D eigenvalue weighted by atomic mass is 9.90. The minimum Gasteiger partial charge on any atom is -0.306 e. The summed E-state index contributed by atoms with van der Waals surface area (Å²) in [6.45, 7) is 2.52. The van der Waals surface area contributed by atoms with Crippen molar-refractivity contribution in [2.24, 2.45) is 5.92 Å². The van der Waals surface area contributed by atoms with Gasteiger partial charge in [0.1, 0.15) is 0 Å². The molecule has 1 aliphatic rings. The summed E-state index contributed by atoms with van der Waals surface area (Å²) < 4.78 is 0. The van der Waals surface area contributed by atoms with Gasteiger partial charge in [0.05, 0.1) is 11.2 Å². The molecule has 1 saturated heterocycles. The summed E-state index contributed by atoms with van der Waals surface area (Å²) in [4.78, 5) is 7.24. The standard InChI is InChI=1S/C23H26N2/c1-25-16-14-19(15-17-25)7-6-18-8-10-21(11-9-18)23-13-12-20-4-2-3-5-22(20)24-23/h2-5,8-13,19H,6-7,14-17H2,1H3. The number of aryl methyl sites for hydroxylation is 1. The van der Waals surface area contributed by atoms with Gasteiger partial charge in [-0.15, -0.1) is 0 Å². The van der Waals surface area contributed by atoms with Crippen LogP contribution in [0.1, 0.15) is 24.8 Å². The van der Waals surface area contributed by atoms with Crippen LogP contribution in [0.5, 0.6) is 0 Å². The van der Waals surface area contributed by atoms with Gasteiger partial charge in [0.25, 0.3) is 0 Å². The number of benzene rings is 2. The molecule has 2 nitrogen and oxygen atoms in total. The van der Waals surface area contributed by atoms with E-state index in [4.69, 9.17) is 4.98 Å². The largest absolute Gasteiger partial charge is 0.306 e. The highest BCUT2D eigenvalue weighted by molar-refractivity contribution is 5.81. The average molecular weight is 330 g/mol. The molecule has 25 heavy (non-hydrogen) atoms. The predicted molar refractivity (Wildman–Crippen MR) is 106 cm³/mol. The molecule has 0 amide bonds. The normalized spacial score (nSPS) is 16.4. The molecule has 2 aromatic carbocycles. The van der Waals surface area contributed by atoms with E-state index in [0.29, 0.717) is 0 Å². The Kier molecular flexibility index (Phi) is 4.80. The van der Waals surface area contributed by atoms with Crippen molar-refractivity contribution in [1.82, 2.24) is 9.88 Å². The number of nitrogens with zero attached hydrogens (tertiary/aromatic N) is 2. The van der Waals surface area contributed by atoms with Gasteiger partial charge in [0, 0.05) is 10.9 Å². The zero-order valence-corrected chi connectivity index (χ0v) is 15.0. The Morgan fingerprint density at radius 3 is 2.48 bits per heavy atom. The summed E-state index contributed by atoms with van der Waals surface area (Å²) in [5.74, 6) is 0.901. The highest BCUT2D eigenvalue weighted by Crippen LogP contribution is 2.24. The molecule has 0 aliphatic carbocycles. The van der Waals surface area contributed by atoms with Crippen LogP contribution in [0.25, 0.3) is 22.2 Å². The van der Waals surface area contributed by atoms with E-state index >= 15 is 0 Å². The fraction of sp³-hybridized carbons (Fsp3) is 0.348. The zero-order chi connectivity index (χ0) is 17.1. The number of aromatic nitrogens is 1. The number of likely N-dealkylation sites (tertiary alicyclic amines) is 1. The lowest BCUT2D eigenvalue weighted by molar-refractivity contribution is 0.212. The SMILES string of the molecule is CN1CCC(CCc2ccc(-c3ccc4ccccc4n3)cc2)CC1. The van der Waals surface area contributed by atoms with Crippen LogP contribution < -0.4 is 0 Å². The van der Waals surface area contributed by atoms with E-state index in [-0.39, 0.29) is 0 Å². The Labute approximate surface area is 150 Å². The van der Waals surface area contributed by atoms with Gasteiger partial charge in [-0.2, -0.15) is 0 Å². The van der Waals surface area contributed by atoms with E-state index in [1.165, 1.54) is 55.3 Å². The molecule has 128 valence electrons. The molecule has 1 fully saturated rings. The smallest absolute Gasteiger partial charge is 0.0709 e. The number of rotatable bonds is 4. The highest BCUT2D eigenvalue weighted by atomic mass is 15.1. The molecule has 2 heteroatoms. The van der Waals surface area contributed by atoms with Gasteiger partial charge < -0.3 is 4.90 Å². The number of piperidine rings is 1. The summed E-state index contributed by atoms with van der Waals surface area (Å²) in [7, 11) is 2.23. The monoisotopic (exact) mass is 330 g/mol. The third-order valence-corrected chi connectivity index (χ3v) is 5.53. The maximum atomic E-state index is 4.80. The van der Waals surface area contributed by atoms with Crippen molar-refractivity contribution in [3.63, 3.8) is 0 Å². The van der Waals surface area contributed by atoms with E-state index in [2.05, 4.69) is 66.5 Å². The first-order valence-corrected chi connectivity index (χ1v) is 9.41. The van der Waals surface area contributed by atoms with Crippen molar-refractivity contribution in [3.8, 4) is 11.3 Å². The maximum absolute atomic E-state index is 4.80. The minimum absolute atomic E-state index is 0.901. The summed E-state index contributed by atoms with van der Waals surface area (Å²) in [5.41, 5.74) is 4.77. The molecule has 0 bridgehead atoms. The van der Waals surface area contributed by atoms with Crippen molar-refractivity contribution in [2.75, 3.05) is 20.1 Å². The second kappa shape index (κ2) is 7.37. The van der Waals surface area contributed by atoms with Crippen LogP contribution in [0.2, 0.25) is 0 Å². The van der Waals surface area contributed by atoms with E-state index in [1.54, 1.807) is 0 Å². The van der Waals surface area contributed by atoms with Crippen LogP contribution in [0.4, 0.5) is 0 Å². The van der Waals surface area contributed by atoms with Crippen molar-refractivity contribution >= 4 is 10.9 Å². The summed E-state index contributed by atoms with van der Waals surface area (Å²) in [5, 5.41) is 1.20. The molecule has 0 atom stereocenters. The summed E-state index contributed by atoms with van der Waals surface area (Å²) >= 11 is 0. The lowest BCUT2D eigenvalue weighted by Gasteiger charge is -2.28. The Hall–Kier alpha value is -2.19. The molecule has 0 spiro atoms. The van der Waals surface area contributed by atoms with Gasteiger partial charge >= 0.3 is 0 Å². The van der Waals surface area contributed by atoms with Crippen LogP contribution in [-0.2, 0) is 6.42 Å². The van der Waals surface area contributed by atoms with Crippen molar-refractivity contribution in [1.29, 1.82) is 0 Å². The number of pyridine rings is 1. The Balaban J connectivity index is 1.42. The van der Waals surface area contributed by atoms with E-state index in [0.717, 1.165) is 17.1 Å². The van der Waals surface area contributed by atoms with Gasteiger partial charge in [-0.1, -0.05) is 48.5 Å². The number of hydrogen-bond acceptors (Lipinski definition) is 2. The van der Waals surface area contributed by atoms with Crippen LogP contribution in [-0.4, -0.2) is 30.0 Å². The third-order valence-electron chi connectivity index (χ3n) is 5.53. The predicted octanol–water partition coefficient (Wildman–Crippen LogP) is 5.18. The molecular weight excluding hydrogens is 304 g/mol. The average Bonchev–Trinajstić information content (AvgIpc) is 2.68. The molecule has 1 aliphatic heterocycles. The molecule has 0 radical (unpaired) electrons. The third kappa shape index (κ3) is 3.91. The second-order valence-corrected chi connectivity index (χ2v) is 7.37. The topological polar surface area (TPSA) is 16.1 Å². The fourth-order valence-electron chi connectivity index (χ4n) is 3.79. The van der Waals surface area contributed by atoms with Gasteiger partial charge in [-0.05, 0) is 69.4 Å². The van der Waals surface area contributed by atoms with Crippen LogP contribution in [0.3, 0.4) is 0 Å². The Bertz CT molecular complexity index is 830. The first kappa shape index (κ1) is 16.3. The molecule has 0 saturated carbocycles. The molecular formula is C23H26N2. The van der Waals surface area contributed by atoms with E-state index < -0.39 is 0 Å². The molecule has 0 unspecified atom stereocenters. The lowest BCUT2D eigenvalue weighted by Crippen LogP contribution is -2.30. The maximum Gasteiger partial charge on any atom is 0.0709 e. The quantitative estimate of drug-likeness (QED) is 0.655. The number of para-hydroxylation sites is 1. The van der Waals surface area contributed by atoms with Crippen LogP contribution >= 0.6 is 0 Å². The van der Waals surface area contributed by atoms with Gasteiger partial charge in [-0.3, -0.25) is 0 Å². The highest BCUT2D eigenvalue weighted by Gasteiger charge is 2.16. The number of hydrogen-bond donors (Lipinski definition) is 0. The first-order valence-electron chi connectivity index (χ1n) is 9.41. The Morgan fingerprint density at radius 1 is 0.920 bits per heavy atom. The summed E-state index contributed by atoms with van der Waals surface area (Å²) in [6.07, 6.45) is 5.23. The van der Waals surface area contributed by atoms with Crippen LogP contribution in [0.15, 0.2) is 60.7 Å². The van der Waals surface area contributed by atoms with Gasteiger partial charge in [0.2, 0.25) is 0 Å². The second-order valence-electron chi connectivity index (χ2n) is 7.37. The number of fused-ring (bicyclic) bond motifs is 1. The minimum atomic E-state index is 0.901. The molecule has 0 N–H and O–H groups in total. The molecule has 2 heterocycles. The van der Waals surface area contributed by atoms with Crippen molar-refractivity contribution in [3.05, 3.63) is 66.2 Å². The van der Waals surface area contributed by atoms with E-state index in [1.807, 2.05) is 6.07 Å². The summed E-state index contributed by atoms with van der Waals surface area (Å²) in [6, 6.07) is 21.6. The van der Waals surface area contributed by atoms with Crippen molar-refractivity contribution < 1.29 is 0 Å².